The summed E-state index contributed by atoms with van der Waals surface area (Å²) < 4.78 is 5.47. The molecule has 0 unspecified atom stereocenters. The summed E-state index contributed by atoms with van der Waals surface area (Å²) in [4.78, 5) is 13.9. The van der Waals surface area contributed by atoms with Gasteiger partial charge in [-0.1, -0.05) is 6.92 Å². The molecule has 1 aliphatic heterocycles. The van der Waals surface area contributed by atoms with Gasteiger partial charge in [0.15, 0.2) is 5.76 Å². The lowest BCUT2D eigenvalue weighted by Gasteiger charge is -2.31. The van der Waals surface area contributed by atoms with Gasteiger partial charge >= 0.3 is 0 Å². The van der Waals surface area contributed by atoms with E-state index in [1.54, 1.807) is 6.07 Å². The van der Waals surface area contributed by atoms with Crippen molar-refractivity contribution in [2.75, 3.05) is 19.6 Å². The van der Waals surface area contributed by atoms with E-state index in [2.05, 4.69) is 12.2 Å². The highest BCUT2D eigenvalue weighted by Crippen LogP contribution is 2.12. The van der Waals surface area contributed by atoms with Crippen LogP contribution in [0.3, 0.4) is 0 Å². The minimum atomic E-state index is 0.00745. The molecular formula is C12H18N2O2. The van der Waals surface area contributed by atoms with Gasteiger partial charge in [0.2, 0.25) is 0 Å². The van der Waals surface area contributed by atoms with Gasteiger partial charge in [0.25, 0.3) is 5.91 Å². The van der Waals surface area contributed by atoms with Crippen LogP contribution in [0.25, 0.3) is 0 Å². The lowest BCUT2D eigenvalue weighted by molar-refractivity contribution is 0.0675. The predicted molar refractivity (Wildman–Crippen MR) is 61.5 cm³/mol. The fourth-order valence-corrected chi connectivity index (χ4v) is 1.96. The Morgan fingerprint density at radius 3 is 3.06 bits per heavy atom. The summed E-state index contributed by atoms with van der Waals surface area (Å²) in [6.45, 7) is 6.46. The molecule has 4 nitrogen and oxygen atoms in total. The molecule has 2 rings (SSSR count). The van der Waals surface area contributed by atoms with Crippen LogP contribution >= 0.6 is 0 Å². The number of nitrogens with zero attached hydrogens (tertiary/aromatic N) is 1. The first-order chi connectivity index (χ1) is 7.70. The lowest BCUT2D eigenvalue weighted by Crippen LogP contribution is -2.51. The number of aryl methyl sites for hydroxylation is 1. The highest BCUT2D eigenvalue weighted by atomic mass is 16.4. The molecule has 1 aliphatic rings. The summed E-state index contributed by atoms with van der Waals surface area (Å²) in [7, 11) is 0. The number of hydrogen-bond donors (Lipinski definition) is 1. The third kappa shape index (κ3) is 2.27. The molecule has 0 saturated carbocycles. The van der Waals surface area contributed by atoms with E-state index in [9.17, 15) is 4.79 Å². The molecule has 0 aliphatic carbocycles. The molecular weight excluding hydrogens is 204 g/mol. The molecule has 1 amide bonds. The maximum atomic E-state index is 12.1. The van der Waals surface area contributed by atoms with Crippen molar-refractivity contribution in [1.29, 1.82) is 0 Å². The quantitative estimate of drug-likeness (QED) is 0.819. The zero-order valence-corrected chi connectivity index (χ0v) is 9.82. The van der Waals surface area contributed by atoms with Crippen LogP contribution in [-0.4, -0.2) is 36.5 Å². The molecule has 1 aromatic rings. The summed E-state index contributed by atoms with van der Waals surface area (Å²) >= 11 is 0. The fourth-order valence-electron chi connectivity index (χ4n) is 1.96. The predicted octanol–water partition coefficient (Wildman–Crippen LogP) is 1.28. The monoisotopic (exact) mass is 222 g/mol. The van der Waals surface area contributed by atoms with Crippen LogP contribution in [0, 0.1) is 0 Å². The second-order valence-electron chi connectivity index (χ2n) is 4.23. The molecule has 16 heavy (non-hydrogen) atoms. The Morgan fingerprint density at radius 1 is 1.62 bits per heavy atom. The summed E-state index contributed by atoms with van der Waals surface area (Å²) in [6, 6.07) is 4.01. The van der Waals surface area contributed by atoms with E-state index >= 15 is 0 Å². The first-order valence-corrected chi connectivity index (χ1v) is 5.82. The summed E-state index contributed by atoms with van der Waals surface area (Å²) in [5, 5.41) is 3.31. The molecule has 0 spiro atoms. The third-order valence-electron chi connectivity index (χ3n) is 2.88. The van der Waals surface area contributed by atoms with Crippen molar-refractivity contribution < 1.29 is 9.21 Å². The van der Waals surface area contributed by atoms with Crippen molar-refractivity contribution >= 4 is 5.91 Å². The van der Waals surface area contributed by atoms with Gasteiger partial charge in [0.05, 0.1) is 0 Å². The number of nitrogens with one attached hydrogen (secondary N) is 1. The van der Waals surface area contributed by atoms with E-state index < -0.39 is 0 Å². The van der Waals surface area contributed by atoms with Gasteiger partial charge in [-0.05, 0) is 19.1 Å². The highest BCUT2D eigenvalue weighted by molar-refractivity contribution is 5.91. The number of carbonyl (C=O) groups is 1. The molecule has 1 aromatic heterocycles. The van der Waals surface area contributed by atoms with Crippen molar-refractivity contribution in [2.24, 2.45) is 0 Å². The highest BCUT2D eigenvalue weighted by Gasteiger charge is 2.23. The van der Waals surface area contributed by atoms with Crippen LogP contribution in [0.5, 0.6) is 0 Å². The second-order valence-corrected chi connectivity index (χ2v) is 4.23. The number of hydrogen-bond acceptors (Lipinski definition) is 3. The van der Waals surface area contributed by atoms with E-state index in [0.29, 0.717) is 11.8 Å². The number of amides is 1. The zero-order valence-electron chi connectivity index (χ0n) is 9.82. The second kappa shape index (κ2) is 4.70. The maximum absolute atomic E-state index is 12.1. The van der Waals surface area contributed by atoms with Gasteiger partial charge in [0.1, 0.15) is 5.76 Å². The third-order valence-corrected chi connectivity index (χ3v) is 2.88. The van der Waals surface area contributed by atoms with Crippen LogP contribution in [0.4, 0.5) is 0 Å². The SMILES string of the molecule is CCc1ccc(C(=O)N2CCN[C@H](C)C2)o1. The number of furan rings is 1. The summed E-state index contributed by atoms with van der Waals surface area (Å²) in [5.41, 5.74) is 0. The van der Waals surface area contributed by atoms with Gasteiger partial charge in [-0.25, -0.2) is 0 Å². The average Bonchev–Trinajstić information content (AvgIpc) is 2.76. The van der Waals surface area contributed by atoms with Gasteiger partial charge in [-0.2, -0.15) is 0 Å². The van der Waals surface area contributed by atoms with Crippen molar-refractivity contribution in [3.05, 3.63) is 23.7 Å². The Hall–Kier alpha value is -1.29. The Kier molecular flexibility index (Phi) is 3.29. The van der Waals surface area contributed by atoms with Crippen LogP contribution in [-0.2, 0) is 6.42 Å². The van der Waals surface area contributed by atoms with Crippen LogP contribution < -0.4 is 5.32 Å². The fraction of sp³-hybridized carbons (Fsp3) is 0.583. The van der Waals surface area contributed by atoms with E-state index in [-0.39, 0.29) is 5.91 Å². The molecule has 0 bridgehead atoms. The molecule has 1 atom stereocenters. The minimum Gasteiger partial charge on any atom is -0.456 e. The minimum absolute atomic E-state index is 0.00745. The molecule has 2 heterocycles. The van der Waals surface area contributed by atoms with Gasteiger partial charge < -0.3 is 14.6 Å². The first kappa shape index (κ1) is 11.2. The topological polar surface area (TPSA) is 45.5 Å². The van der Waals surface area contributed by atoms with Crippen molar-refractivity contribution in [3.63, 3.8) is 0 Å². The van der Waals surface area contributed by atoms with Crippen LogP contribution in [0.2, 0.25) is 0 Å². The van der Waals surface area contributed by atoms with Crippen LogP contribution in [0.15, 0.2) is 16.5 Å². The largest absolute Gasteiger partial charge is 0.456 e. The normalized spacial score (nSPS) is 21.1. The zero-order chi connectivity index (χ0) is 11.5. The molecule has 88 valence electrons. The number of rotatable bonds is 2. The molecule has 0 aromatic carbocycles. The molecule has 1 fully saturated rings. The standard InChI is InChI=1S/C12H18N2O2/c1-3-10-4-5-11(16-10)12(15)14-7-6-13-9(2)8-14/h4-5,9,13H,3,6-8H2,1-2H3/t9-/m1/s1. The van der Waals surface area contributed by atoms with E-state index in [0.717, 1.165) is 31.8 Å². The smallest absolute Gasteiger partial charge is 0.289 e. The van der Waals surface area contributed by atoms with Gasteiger partial charge in [0, 0.05) is 32.1 Å². The maximum Gasteiger partial charge on any atom is 0.289 e. The van der Waals surface area contributed by atoms with E-state index in [1.807, 2.05) is 17.9 Å². The molecule has 1 saturated heterocycles. The number of carbonyl (C=O) groups excluding carboxylic acids is 1. The van der Waals surface area contributed by atoms with Gasteiger partial charge in [-0.15, -0.1) is 0 Å². The van der Waals surface area contributed by atoms with Gasteiger partial charge in [-0.3, -0.25) is 4.79 Å². The van der Waals surface area contributed by atoms with Crippen molar-refractivity contribution in [3.8, 4) is 0 Å². The van der Waals surface area contributed by atoms with Crippen molar-refractivity contribution in [2.45, 2.75) is 26.3 Å². The first-order valence-electron chi connectivity index (χ1n) is 5.82. The Labute approximate surface area is 95.6 Å². The molecule has 1 N–H and O–H groups in total. The van der Waals surface area contributed by atoms with E-state index in [1.165, 1.54) is 0 Å². The van der Waals surface area contributed by atoms with Crippen molar-refractivity contribution in [1.82, 2.24) is 10.2 Å². The number of piperazine rings is 1. The summed E-state index contributed by atoms with van der Waals surface area (Å²) in [5.74, 6) is 1.34. The lowest BCUT2D eigenvalue weighted by atomic mass is 10.2. The Bertz CT molecular complexity index is 373. The Balaban J connectivity index is 2.06. The summed E-state index contributed by atoms with van der Waals surface area (Å²) in [6.07, 6.45) is 0.825. The van der Waals surface area contributed by atoms with E-state index in [4.69, 9.17) is 4.42 Å². The molecule has 4 heteroatoms. The molecule has 0 radical (unpaired) electrons. The Morgan fingerprint density at radius 2 is 2.44 bits per heavy atom. The average molecular weight is 222 g/mol. The van der Waals surface area contributed by atoms with Crippen LogP contribution in [0.1, 0.15) is 30.2 Å².